The van der Waals surface area contributed by atoms with Crippen LogP contribution in [0.1, 0.15) is 96.3 Å². The van der Waals surface area contributed by atoms with E-state index in [0.29, 0.717) is 12.6 Å². The molecule has 0 aliphatic heterocycles. The Morgan fingerprint density at radius 2 is 1.22 bits per heavy atom. The average molecular weight is 380 g/mol. The molecule has 0 atom stereocenters. The van der Waals surface area contributed by atoms with Crippen LogP contribution in [0, 0.1) is 5.92 Å². The highest BCUT2D eigenvalue weighted by Gasteiger charge is 2.20. The lowest BCUT2D eigenvalue weighted by atomic mass is 9.88. The standard InChI is InChI=1S/C22H41N3O2/c26-21(18-25-20-14-8-9-15-20)23-16-10-3-1-2-4-11-17-24-22(27)19-12-6-5-7-13-19/h19-20,25H,1-18H2,(H,23,26)(H,24,27). The van der Waals surface area contributed by atoms with Gasteiger partial charge in [0.15, 0.2) is 0 Å². The van der Waals surface area contributed by atoms with E-state index in [9.17, 15) is 9.59 Å². The van der Waals surface area contributed by atoms with Crippen molar-refractivity contribution in [2.75, 3.05) is 19.6 Å². The molecule has 3 N–H and O–H groups in total. The van der Waals surface area contributed by atoms with Crippen LogP contribution >= 0.6 is 0 Å². The molecule has 0 aromatic heterocycles. The molecule has 2 rings (SSSR count). The van der Waals surface area contributed by atoms with Crippen LogP contribution in [-0.2, 0) is 9.59 Å². The van der Waals surface area contributed by atoms with Crippen LogP contribution in [0.4, 0.5) is 0 Å². The van der Waals surface area contributed by atoms with E-state index in [1.165, 1.54) is 70.6 Å². The third-order valence-corrected chi connectivity index (χ3v) is 6.11. The Balaban J connectivity index is 1.31. The normalized spacial score (nSPS) is 18.5. The van der Waals surface area contributed by atoms with Gasteiger partial charge in [-0.25, -0.2) is 0 Å². The summed E-state index contributed by atoms with van der Waals surface area (Å²) in [5.74, 6) is 0.700. The van der Waals surface area contributed by atoms with Crippen LogP contribution in [0.25, 0.3) is 0 Å². The molecular formula is C22H41N3O2. The first kappa shape index (κ1) is 22.2. The SMILES string of the molecule is O=C(CNC1CCCC1)NCCCCCCCCNC(=O)C1CCCCC1. The summed E-state index contributed by atoms with van der Waals surface area (Å²) in [4.78, 5) is 23.8. The maximum Gasteiger partial charge on any atom is 0.233 e. The van der Waals surface area contributed by atoms with E-state index >= 15 is 0 Å². The van der Waals surface area contributed by atoms with Crippen LogP contribution in [0.3, 0.4) is 0 Å². The zero-order chi connectivity index (χ0) is 19.2. The highest BCUT2D eigenvalue weighted by Crippen LogP contribution is 2.23. The van der Waals surface area contributed by atoms with Gasteiger partial charge >= 0.3 is 0 Å². The lowest BCUT2D eigenvalue weighted by molar-refractivity contribution is -0.126. The first-order valence-corrected chi connectivity index (χ1v) is 11.5. The molecule has 0 radical (unpaired) electrons. The minimum absolute atomic E-state index is 0.135. The van der Waals surface area contributed by atoms with Crippen LogP contribution in [-0.4, -0.2) is 37.5 Å². The number of hydrogen-bond donors (Lipinski definition) is 3. The molecule has 2 amide bonds. The monoisotopic (exact) mass is 379 g/mol. The Morgan fingerprint density at radius 1 is 0.667 bits per heavy atom. The summed E-state index contributed by atoms with van der Waals surface area (Å²) in [5, 5.41) is 9.48. The molecule has 0 heterocycles. The molecule has 0 bridgehead atoms. The first-order valence-electron chi connectivity index (χ1n) is 11.5. The topological polar surface area (TPSA) is 70.2 Å². The molecule has 156 valence electrons. The molecule has 0 spiro atoms. The quantitative estimate of drug-likeness (QED) is 0.428. The molecule has 0 saturated heterocycles. The number of carbonyl (C=O) groups excluding carboxylic acids is 2. The van der Waals surface area contributed by atoms with Gasteiger partial charge in [-0.3, -0.25) is 9.59 Å². The molecule has 0 aromatic carbocycles. The predicted octanol–water partition coefficient (Wildman–Crippen LogP) is 3.67. The molecule has 2 saturated carbocycles. The third-order valence-electron chi connectivity index (χ3n) is 6.11. The summed E-state index contributed by atoms with van der Waals surface area (Å²) in [6, 6.07) is 0.559. The van der Waals surface area contributed by atoms with Crippen LogP contribution in [0.2, 0.25) is 0 Å². The lowest BCUT2D eigenvalue weighted by Crippen LogP contribution is -2.38. The number of unbranched alkanes of at least 4 members (excludes halogenated alkanes) is 5. The Kier molecular flexibility index (Phi) is 11.5. The van der Waals surface area contributed by atoms with Crippen molar-refractivity contribution in [2.45, 2.75) is 102 Å². The van der Waals surface area contributed by atoms with E-state index in [2.05, 4.69) is 16.0 Å². The van der Waals surface area contributed by atoms with Crippen molar-refractivity contribution in [3.8, 4) is 0 Å². The van der Waals surface area contributed by atoms with Gasteiger partial charge < -0.3 is 16.0 Å². The minimum Gasteiger partial charge on any atom is -0.356 e. The van der Waals surface area contributed by atoms with Crippen molar-refractivity contribution in [1.82, 2.24) is 16.0 Å². The highest BCUT2D eigenvalue weighted by molar-refractivity contribution is 5.78. The van der Waals surface area contributed by atoms with Crippen molar-refractivity contribution in [2.24, 2.45) is 5.92 Å². The summed E-state index contributed by atoms with van der Waals surface area (Å²) in [5.41, 5.74) is 0. The highest BCUT2D eigenvalue weighted by atomic mass is 16.2. The molecule has 0 aromatic rings. The smallest absolute Gasteiger partial charge is 0.233 e. The summed E-state index contributed by atoms with van der Waals surface area (Å²) in [6.45, 7) is 2.10. The van der Waals surface area contributed by atoms with Gasteiger partial charge in [-0.2, -0.15) is 0 Å². The molecule has 0 unspecified atom stereocenters. The zero-order valence-corrected chi connectivity index (χ0v) is 17.2. The number of amides is 2. The van der Waals surface area contributed by atoms with E-state index < -0.39 is 0 Å². The minimum atomic E-state index is 0.135. The van der Waals surface area contributed by atoms with Crippen molar-refractivity contribution in [3.05, 3.63) is 0 Å². The van der Waals surface area contributed by atoms with E-state index in [1.807, 2.05) is 0 Å². The predicted molar refractivity (Wildman–Crippen MR) is 111 cm³/mol. The summed E-state index contributed by atoms with van der Waals surface area (Å²) < 4.78 is 0. The fourth-order valence-corrected chi connectivity index (χ4v) is 4.34. The van der Waals surface area contributed by atoms with Crippen molar-refractivity contribution >= 4 is 11.8 Å². The van der Waals surface area contributed by atoms with E-state index in [-0.39, 0.29) is 17.7 Å². The second-order valence-corrected chi connectivity index (χ2v) is 8.46. The van der Waals surface area contributed by atoms with Crippen molar-refractivity contribution < 1.29 is 9.59 Å². The van der Waals surface area contributed by atoms with Gasteiger partial charge in [0.05, 0.1) is 6.54 Å². The van der Waals surface area contributed by atoms with Gasteiger partial charge in [-0.15, -0.1) is 0 Å². The molecule has 2 aliphatic rings. The van der Waals surface area contributed by atoms with Gasteiger partial charge in [0, 0.05) is 25.0 Å². The number of rotatable bonds is 13. The Bertz CT molecular complexity index is 416. The Morgan fingerprint density at radius 3 is 1.89 bits per heavy atom. The van der Waals surface area contributed by atoms with Gasteiger partial charge in [0.2, 0.25) is 11.8 Å². The fraction of sp³-hybridized carbons (Fsp3) is 0.909. The molecule has 2 fully saturated rings. The van der Waals surface area contributed by atoms with Gasteiger partial charge in [0.25, 0.3) is 0 Å². The Hall–Kier alpha value is -1.10. The van der Waals surface area contributed by atoms with Gasteiger partial charge in [-0.05, 0) is 38.5 Å². The second-order valence-electron chi connectivity index (χ2n) is 8.46. The largest absolute Gasteiger partial charge is 0.356 e. The lowest BCUT2D eigenvalue weighted by Gasteiger charge is -2.20. The molecule has 5 heteroatoms. The Labute approximate surface area is 165 Å². The third kappa shape index (κ3) is 10.1. The van der Waals surface area contributed by atoms with E-state index in [1.54, 1.807) is 0 Å². The first-order chi connectivity index (χ1) is 13.3. The number of carbonyl (C=O) groups is 2. The van der Waals surface area contributed by atoms with Crippen LogP contribution in [0.15, 0.2) is 0 Å². The number of hydrogen-bond acceptors (Lipinski definition) is 3. The maximum atomic E-state index is 12.0. The van der Waals surface area contributed by atoms with Gasteiger partial charge in [0.1, 0.15) is 0 Å². The molecule has 5 nitrogen and oxygen atoms in total. The second kappa shape index (κ2) is 14.0. The molecule has 2 aliphatic carbocycles. The summed E-state index contributed by atoms with van der Waals surface area (Å²) in [6.07, 6.45) is 17.9. The van der Waals surface area contributed by atoms with E-state index in [0.717, 1.165) is 38.8 Å². The van der Waals surface area contributed by atoms with Crippen molar-refractivity contribution in [1.29, 1.82) is 0 Å². The number of nitrogens with one attached hydrogen (secondary N) is 3. The zero-order valence-electron chi connectivity index (χ0n) is 17.2. The fourth-order valence-electron chi connectivity index (χ4n) is 4.34. The summed E-state index contributed by atoms with van der Waals surface area (Å²) >= 11 is 0. The van der Waals surface area contributed by atoms with Crippen LogP contribution < -0.4 is 16.0 Å². The van der Waals surface area contributed by atoms with Gasteiger partial charge in [-0.1, -0.05) is 57.8 Å². The van der Waals surface area contributed by atoms with E-state index in [4.69, 9.17) is 0 Å². The van der Waals surface area contributed by atoms with Crippen molar-refractivity contribution in [3.63, 3.8) is 0 Å². The molecule has 27 heavy (non-hydrogen) atoms. The maximum absolute atomic E-state index is 12.0. The van der Waals surface area contributed by atoms with Crippen LogP contribution in [0.5, 0.6) is 0 Å². The average Bonchev–Trinajstić information content (AvgIpc) is 3.22. The summed E-state index contributed by atoms with van der Waals surface area (Å²) in [7, 11) is 0. The molecular weight excluding hydrogens is 338 g/mol.